The number of alkyl halides is 2. The Balaban J connectivity index is 2.16. The fourth-order valence-corrected chi connectivity index (χ4v) is 3.35. The van der Waals surface area contributed by atoms with E-state index >= 15 is 0 Å². The monoisotopic (exact) mass is 315 g/mol. The zero-order chi connectivity index (χ0) is 15.3. The van der Waals surface area contributed by atoms with Crippen LogP contribution in [0.2, 0.25) is 0 Å². The van der Waals surface area contributed by atoms with Crippen LogP contribution in [0.4, 0.5) is 8.78 Å². The van der Waals surface area contributed by atoms with E-state index in [2.05, 4.69) is 5.32 Å². The molecule has 0 spiro atoms. The molecule has 1 aliphatic rings. The molecule has 1 fully saturated rings. The van der Waals surface area contributed by atoms with Gasteiger partial charge in [0.15, 0.2) is 0 Å². The third kappa shape index (κ3) is 4.17. The Morgan fingerprint density at radius 3 is 2.57 bits per heavy atom. The van der Waals surface area contributed by atoms with Crippen LogP contribution in [0.5, 0.6) is 0 Å². The van der Waals surface area contributed by atoms with Crippen molar-refractivity contribution in [2.45, 2.75) is 48.3 Å². The number of carbonyl (C=O) groups excluding carboxylic acids is 1. The highest BCUT2D eigenvalue weighted by molar-refractivity contribution is 7.99. The second kappa shape index (κ2) is 7.22. The number of thioether (sulfide) groups is 1. The maximum atomic E-state index is 12.6. The highest BCUT2D eigenvalue weighted by Crippen LogP contribution is 2.31. The number of amides is 1. The van der Waals surface area contributed by atoms with Crippen molar-refractivity contribution in [1.82, 2.24) is 5.32 Å². The normalized spacial score (nSPS) is 17.7. The molecule has 0 aliphatic heterocycles. The Labute approximate surface area is 127 Å². The summed E-state index contributed by atoms with van der Waals surface area (Å²) in [5.41, 5.74) is -0.376. The van der Waals surface area contributed by atoms with Crippen molar-refractivity contribution in [3.63, 3.8) is 0 Å². The van der Waals surface area contributed by atoms with E-state index in [4.69, 9.17) is 0 Å². The summed E-state index contributed by atoms with van der Waals surface area (Å²) >= 11 is 0.365. The van der Waals surface area contributed by atoms with Gasteiger partial charge in [-0.3, -0.25) is 4.79 Å². The summed E-state index contributed by atoms with van der Waals surface area (Å²) in [6.07, 6.45) is 4.44. The van der Waals surface area contributed by atoms with Crippen molar-refractivity contribution in [1.29, 1.82) is 0 Å². The molecule has 1 aromatic carbocycles. The number of nitrogens with one attached hydrogen (secondary N) is 1. The Morgan fingerprint density at radius 1 is 1.29 bits per heavy atom. The number of benzene rings is 1. The molecule has 0 bridgehead atoms. The number of halogens is 2. The van der Waals surface area contributed by atoms with Gasteiger partial charge in [0.2, 0.25) is 0 Å². The van der Waals surface area contributed by atoms with Gasteiger partial charge in [-0.05, 0) is 25.0 Å². The quantitative estimate of drug-likeness (QED) is 0.819. The number of aliphatic hydroxyl groups is 1. The molecule has 0 aromatic heterocycles. The highest BCUT2D eigenvalue weighted by atomic mass is 32.2. The molecule has 3 nitrogen and oxygen atoms in total. The number of hydrogen-bond acceptors (Lipinski definition) is 3. The van der Waals surface area contributed by atoms with Crippen molar-refractivity contribution in [2.75, 3.05) is 6.61 Å². The number of rotatable bonds is 5. The Kier molecular flexibility index (Phi) is 5.58. The Hall–Kier alpha value is -1.14. The second-order valence-electron chi connectivity index (χ2n) is 5.33. The summed E-state index contributed by atoms with van der Waals surface area (Å²) in [5.74, 6) is -2.96. The van der Waals surface area contributed by atoms with Crippen LogP contribution in [0, 0.1) is 0 Å². The van der Waals surface area contributed by atoms with Crippen LogP contribution in [-0.4, -0.2) is 28.9 Å². The van der Waals surface area contributed by atoms with Crippen molar-refractivity contribution in [3.05, 3.63) is 29.8 Å². The van der Waals surface area contributed by atoms with Crippen LogP contribution in [0.15, 0.2) is 29.2 Å². The lowest BCUT2D eigenvalue weighted by molar-refractivity contribution is 0.0756. The molecule has 2 N–H and O–H groups in total. The van der Waals surface area contributed by atoms with E-state index in [0.717, 1.165) is 32.1 Å². The summed E-state index contributed by atoms with van der Waals surface area (Å²) in [6.45, 7) is -0.122. The summed E-state index contributed by atoms with van der Waals surface area (Å²) in [5, 5.41) is 12.5. The van der Waals surface area contributed by atoms with Gasteiger partial charge in [-0.2, -0.15) is 8.78 Å². The third-order valence-corrected chi connectivity index (χ3v) is 4.63. The van der Waals surface area contributed by atoms with Crippen molar-refractivity contribution < 1.29 is 18.7 Å². The molecule has 116 valence electrons. The summed E-state index contributed by atoms with van der Waals surface area (Å²) in [7, 11) is 0. The first-order chi connectivity index (χ1) is 10.1. The zero-order valence-electron chi connectivity index (χ0n) is 11.6. The first-order valence-electron chi connectivity index (χ1n) is 7.03. The Morgan fingerprint density at radius 2 is 1.95 bits per heavy atom. The van der Waals surface area contributed by atoms with E-state index in [1.807, 2.05) is 0 Å². The SMILES string of the molecule is O=C(NC1(CO)CCCCC1)c1ccccc1SC(F)F. The average Bonchev–Trinajstić information content (AvgIpc) is 2.48. The van der Waals surface area contributed by atoms with Gasteiger partial charge in [0.25, 0.3) is 11.7 Å². The molecule has 1 saturated carbocycles. The number of carbonyl (C=O) groups is 1. The molecule has 21 heavy (non-hydrogen) atoms. The van der Waals surface area contributed by atoms with Gasteiger partial charge < -0.3 is 10.4 Å². The summed E-state index contributed by atoms with van der Waals surface area (Å²) in [4.78, 5) is 12.7. The third-order valence-electron chi connectivity index (χ3n) is 3.84. The standard InChI is InChI=1S/C15H19F2NO2S/c16-14(17)21-12-7-3-2-6-11(12)13(20)18-15(10-19)8-4-1-5-9-15/h2-3,6-7,14,19H,1,4-5,8-10H2,(H,18,20). The molecular formula is C15H19F2NO2S. The fraction of sp³-hybridized carbons (Fsp3) is 0.533. The van der Waals surface area contributed by atoms with Gasteiger partial charge in [-0.15, -0.1) is 0 Å². The lowest BCUT2D eigenvalue weighted by Crippen LogP contribution is -2.52. The predicted octanol–water partition coefficient (Wildman–Crippen LogP) is 3.43. The van der Waals surface area contributed by atoms with Gasteiger partial charge in [0.1, 0.15) is 0 Å². The largest absolute Gasteiger partial charge is 0.394 e. The molecule has 1 amide bonds. The molecule has 0 radical (unpaired) electrons. The predicted molar refractivity (Wildman–Crippen MR) is 78.7 cm³/mol. The molecule has 0 saturated heterocycles. The van der Waals surface area contributed by atoms with E-state index in [9.17, 15) is 18.7 Å². The van der Waals surface area contributed by atoms with Gasteiger partial charge in [0, 0.05) is 4.90 Å². The minimum Gasteiger partial charge on any atom is -0.394 e. The first kappa shape index (κ1) is 16.2. The van der Waals surface area contributed by atoms with Crippen LogP contribution in [0.3, 0.4) is 0 Å². The number of aliphatic hydroxyl groups excluding tert-OH is 1. The minimum absolute atomic E-state index is 0.122. The molecular weight excluding hydrogens is 296 g/mol. The minimum atomic E-state index is -2.57. The Bertz CT molecular complexity index is 490. The van der Waals surface area contributed by atoms with Crippen molar-refractivity contribution in [2.24, 2.45) is 0 Å². The molecule has 1 aliphatic carbocycles. The fourth-order valence-electron chi connectivity index (χ4n) is 2.71. The van der Waals surface area contributed by atoms with E-state index in [1.165, 1.54) is 12.1 Å². The highest BCUT2D eigenvalue weighted by Gasteiger charge is 2.33. The van der Waals surface area contributed by atoms with E-state index in [0.29, 0.717) is 11.8 Å². The maximum absolute atomic E-state index is 12.6. The van der Waals surface area contributed by atoms with Crippen LogP contribution < -0.4 is 5.32 Å². The smallest absolute Gasteiger partial charge is 0.288 e. The summed E-state index contributed by atoms with van der Waals surface area (Å²) < 4.78 is 25.1. The van der Waals surface area contributed by atoms with Gasteiger partial charge in [-0.25, -0.2) is 0 Å². The maximum Gasteiger partial charge on any atom is 0.288 e. The van der Waals surface area contributed by atoms with E-state index in [1.54, 1.807) is 12.1 Å². The van der Waals surface area contributed by atoms with Gasteiger partial charge in [0.05, 0.1) is 17.7 Å². The number of hydrogen-bond donors (Lipinski definition) is 2. The lowest BCUT2D eigenvalue weighted by atomic mass is 9.82. The first-order valence-corrected chi connectivity index (χ1v) is 7.91. The van der Waals surface area contributed by atoms with Crippen molar-refractivity contribution in [3.8, 4) is 0 Å². The van der Waals surface area contributed by atoms with Crippen LogP contribution in [0.1, 0.15) is 42.5 Å². The van der Waals surface area contributed by atoms with E-state index in [-0.39, 0.29) is 17.1 Å². The molecule has 0 heterocycles. The second-order valence-corrected chi connectivity index (χ2v) is 6.36. The molecule has 2 rings (SSSR count). The van der Waals surface area contributed by atoms with E-state index < -0.39 is 17.2 Å². The lowest BCUT2D eigenvalue weighted by Gasteiger charge is -2.36. The van der Waals surface area contributed by atoms with Crippen molar-refractivity contribution >= 4 is 17.7 Å². The molecule has 0 atom stereocenters. The topological polar surface area (TPSA) is 49.3 Å². The van der Waals surface area contributed by atoms with Crippen LogP contribution >= 0.6 is 11.8 Å². The molecule has 1 aromatic rings. The molecule has 6 heteroatoms. The van der Waals surface area contributed by atoms with Crippen LogP contribution in [0.25, 0.3) is 0 Å². The van der Waals surface area contributed by atoms with Crippen LogP contribution in [-0.2, 0) is 0 Å². The zero-order valence-corrected chi connectivity index (χ0v) is 12.5. The summed E-state index contributed by atoms with van der Waals surface area (Å²) in [6, 6.07) is 6.33. The molecule has 0 unspecified atom stereocenters. The van der Waals surface area contributed by atoms with Gasteiger partial charge in [-0.1, -0.05) is 43.2 Å². The average molecular weight is 315 g/mol. The van der Waals surface area contributed by atoms with Gasteiger partial charge >= 0.3 is 0 Å².